The maximum atomic E-state index is 12.8. The lowest BCUT2D eigenvalue weighted by Gasteiger charge is -2.13. The van der Waals surface area contributed by atoms with Gasteiger partial charge >= 0.3 is 5.97 Å². The molecule has 0 spiro atoms. The van der Waals surface area contributed by atoms with Crippen LogP contribution >= 0.6 is 0 Å². The molecule has 0 unspecified atom stereocenters. The van der Waals surface area contributed by atoms with Crippen molar-refractivity contribution in [3.05, 3.63) is 46.9 Å². The molecule has 174 valence electrons. The van der Waals surface area contributed by atoms with Crippen LogP contribution in [-0.2, 0) is 25.1 Å². The number of sulfone groups is 1. The summed E-state index contributed by atoms with van der Waals surface area (Å²) in [4.78, 5) is 11.4. The van der Waals surface area contributed by atoms with Crippen LogP contribution in [-0.4, -0.2) is 56.5 Å². The van der Waals surface area contributed by atoms with Crippen molar-refractivity contribution in [1.82, 2.24) is 0 Å². The van der Waals surface area contributed by atoms with Gasteiger partial charge in [0.05, 0.1) is 52.6 Å². The molecule has 0 saturated carbocycles. The highest BCUT2D eigenvalue weighted by Gasteiger charge is 2.15. The Morgan fingerprint density at radius 1 is 0.906 bits per heavy atom. The Labute approximate surface area is 187 Å². The maximum Gasteiger partial charge on any atom is 0.325 e. The van der Waals surface area contributed by atoms with Crippen LogP contribution in [0.25, 0.3) is 6.08 Å². The SMILES string of the molecule is COC(=O)CNc1cc(CS(=O)(=O)/C=C\c2c(OC)cc(OC)cc2OC)ccc1OC. The Morgan fingerprint density at radius 3 is 2.06 bits per heavy atom. The van der Waals surface area contributed by atoms with Gasteiger partial charge in [-0.05, 0) is 23.8 Å². The van der Waals surface area contributed by atoms with Crippen LogP contribution in [0.2, 0.25) is 0 Å². The van der Waals surface area contributed by atoms with Gasteiger partial charge in [0, 0.05) is 17.5 Å². The largest absolute Gasteiger partial charge is 0.496 e. The van der Waals surface area contributed by atoms with Gasteiger partial charge < -0.3 is 29.0 Å². The number of esters is 1. The van der Waals surface area contributed by atoms with Crippen molar-refractivity contribution < 1.29 is 36.9 Å². The quantitative estimate of drug-likeness (QED) is 0.501. The molecule has 10 heteroatoms. The topological polar surface area (TPSA) is 109 Å². The molecular weight excluding hydrogens is 438 g/mol. The third-order valence-electron chi connectivity index (χ3n) is 4.48. The molecule has 0 fully saturated rings. The first-order chi connectivity index (χ1) is 15.3. The van der Waals surface area contributed by atoms with Gasteiger partial charge in [-0.25, -0.2) is 8.42 Å². The molecule has 0 heterocycles. The van der Waals surface area contributed by atoms with E-state index in [4.69, 9.17) is 18.9 Å². The van der Waals surface area contributed by atoms with Crippen LogP contribution in [0.3, 0.4) is 0 Å². The number of benzene rings is 2. The second-order valence-corrected chi connectivity index (χ2v) is 8.41. The Kier molecular flexibility index (Phi) is 8.77. The smallest absolute Gasteiger partial charge is 0.325 e. The normalized spacial score (nSPS) is 11.2. The molecule has 0 aliphatic carbocycles. The summed E-state index contributed by atoms with van der Waals surface area (Å²) in [7, 11) is 3.56. The summed E-state index contributed by atoms with van der Waals surface area (Å²) in [6.07, 6.45) is 1.42. The van der Waals surface area contributed by atoms with Crippen LogP contribution in [0.5, 0.6) is 23.0 Å². The molecule has 0 radical (unpaired) electrons. The zero-order valence-electron chi connectivity index (χ0n) is 18.6. The lowest BCUT2D eigenvalue weighted by atomic mass is 10.1. The lowest BCUT2D eigenvalue weighted by Crippen LogP contribution is -2.15. The average molecular weight is 466 g/mol. The fourth-order valence-electron chi connectivity index (χ4n) is 2.87. The van der Waals surface area contributed by atoms with Crippen molar-refractivity contribution >= 4 is 27.6 Å². The van der Waals surface area contributed by atoms with Gasteiger partial charge in [0.25, 0.3) is 0 Å². The molecule has 0 aliphatic heterocycles. The summed E-state index contributed by atoms with van der Waals surface area (Å²) in [5, 5.41) is 3.99. The van der Waals surface area contributed by atoms with E-state index in [9.17, 15) is 13.2 Å². The first kappa shape index (κ1) is 24.9. The van der Waals surface area contributed by atoms with E-state index in [0.29, 0.717) is 39.8 Å². The van der Waals surface area contributed by atoms with Gasteiger partial charge in [0.15, 0.2) is 9.84 Å². The van der Waals surface area contributed by atoms with Crippen molar-refractivity contribution in [1.29, 1.82) is 0 Å². The molecule has 2 aromatic rings. The predicted molar refractivity (Wildman–Crippen MR) is 121 cm³/mol. The highest BCUT2D eigenvalue weighted by atomic mass is 32.2. The highest BCUT2D eigenvalue weighted by Crippen LogP contribution is 2.35. The lowest BCUT2D eigenvalue weighted by molar-refractivity contribution is -0.138. The molecule has 0 saturated heterocycles. The van der Waals surface area contributed by atoms with Crippen LogP contribution in [0.1, 0.15) is 11.1 Å². The molecule has 0 aliphatic rings. The second-order valence-electron chi connectivity index (χ2n) is 6.52. The standard InChI is InChI=1S/C22H27NO8S/c1-27-16-11-20(29-3)17(21(12-16)30-4)8-9-32(25,26)14-15-6-7-19(28-2)18(10-15)23-13-22(24)31-5/h6-12,23H,13-14H2,1-5H3/b9-8-. The van der Waals surface area contributed by atoms with Crippen molar-refractivity contribution in [2.75, 3.05) is 47.4 Å². The molecule has 32 heavy (non-hydrogen) atoms. The zero-order chi connectivity index (χ0) is 23.7. The van der Waals surface area contributed by atoms with Gasteiger partial charge in [-0.15, -0.1) is 0 Å². The summed E-state index contributed by atoms with van der Waals surface area (Å²) in [6, 6.07) is 8.16. The number of hydrogen-bond acceptors (Lipinski definition) is 9. The van der Waals surface area contributed by atoms with E-state index in [0.717, 1.165) is 5.41 Å². The van der Waals surface area contributed by atoms with E-state index in [1.165, 1.54) is 41.6 Å². The number of hydrogen-bond donors (Lipinski definition) is 1. The average Bonchev–Trinajstić information content (AvgIpc) is 2.80. The van der Waals surface area contributed by atoms with E-state index in [1.54, 1.807) is 30.3 Å². The molecule has 0 amide bonds. The number of nitrogens with one attached hydrogen (secondary N) is 1. The number of carbonyl (C=O) groups is 1. The Hall–Kier alpha value is -3.40. The van der Waals surface area contributed by atoms with Gasteiger partial charge in [-0.3, -0.25) is 4.79 Å². The molecule has 0 atom stereocenters. The minimum atomic E-state index is -3.65. The highest BCUT2D eigenvalue weighted by molar-refractivity contribution is 7.93. The minimum Gasteiger partial charge on any atom is -0.496 e. The predicted octanol–water partition coefficient (Wildman–Crippen LogP) is 2.89. The van der Waals surface area contributed by atoms with Crippen LogP contribution in [0.4, 0.5) is 5.69 Å². The van der Waals surface area contributed by atoms with E-state index in [-0.39, 0.29) is 12.3 Å². The van der Waals surface area contributed by atoms with Gasteiger partial charge in [-0.1, -0.05) is 6.07 Å². The molecular formula is C22H27NO8S. The van der Waals surface area contributed by atoms with Crippen LogP contribution in [0.15, 0.2) is 35.7 Å². The Balaban J connectivity index is 2.29. The number of ether oxygens (including phenoxy) is 5. The number of methoxy groups -OCH3 is 5. The molecule has 2 aromatic carbocycles. The monoisotopic (exact) mass is 465 g/mol. The van der Waals surface area contributed by atoms with Crippen LogP contribution < -0.4 is 24.3 Å². The summed E-state index contributed by atoms with van der Waals surface area (Å²) >= 11 is 0. The first-order valence-electron chi connectivity index (χ1n) is 9.45. The number of carbonyl (C=O) groups excluding carboxylic acids is 1. The van der Waals surface area contributed by atoms with Gasteiger partial charge in [0.2, 0.25) is 0 Å². The summed E-state index contributed by atoms with van der Waals surface area (Å²) in [6.45, 7) is -0.0833. The fraction of sp³-hybridized carbons (Fsp3) is 0.318. The first-order valence-corrected chi connectivity index (χ1v) is 11.2. The van der Waals surface area contributed by atoms with Gasteiger partial charge in [0.1, 0.15) is 29.5 Å². The van der Waals surface area contributed by atoms with E-state index < -0.39 is 15.8 Å². The Morgan fingerprint density at radius 2 is 1.53 bits per heavy atom. The van der Waals surface area contributed by atoms with E-state index in [1.807, 2.05) is 0 Å². The molecule has 1 N–H and O–H groups in total. The Bertz CT molecular complexity index is 1050. The van der Waals surface area contributed by atoms with Crippen molar-refractivity contribution in [3.63, 3.8) is 0 Å². The maximum absolute atomic E-state index is 12.8. The molecule has 9 nitrogen and oxygen atoms in total. The van der Waals surface area contributed by atoms with Crippen molar-refractivity contribution in [2.45, 2.75) is 5.75 Å². The third-order valence-corrected chi connectivity index (χ3v) is 5.76. The van der Waals surface area contributed by atoms with Crippen molar-refractivity contribution in [2.24, 2.45) is 0 Å². The molecule has 0 aromatic heterocycles. The number of rotatable bonds is 11. The summed E-state index contributed by atoms with van der Waals surface area (Å²) < 4.78 is 51.3. The van der Waals surface area contributed by atoms with E-state index in [2.05, 4.69) is 10.1 Å². The van der Waals surface area contributed by atoms with Crippen LogP contribution in [0, 0.1) is 0 Å². The third kappa shape index (κ3) is 6.55. The minimum absolute atomic E-state index is 0.0833. The zero-order valence-corrected chi connectivity index (χ0v) is 19.4. The fourth-order valence-corrected chi connectivity index (χ4v) is 3.96. The van der Waals surface area contributed by atoms with Gasteiger partial charge in [-0.2, -0.15) is 0 Å². The molecule has 0 bridgehead atoms. The molecule has 2 rings (SSSR count). The second kappa shape index (κ2) is 11.3. The number of anilines is 1. The summed E-state index contributed by atoms with van der Waals surface area (Å²) in [5.74, 6) is 1.08. The van der Waals surface area contributed by atoms with E-state index >= 15 is 0 Å². The summed E-state index contributed by atoms with van der Waals surface area (Å²) in [5.41, 5.74) is 1.46. The van der Waals surface area contributed by atoms with Crippen molar-refractivity contribution in [3.8, 4) is 23.0 Å².